The van der Waals surface area contributed by atoms with Crippen molar-refractivity contribution in [2.75, 3.05) is 0 Å². The van der Waals surface area contributed by atoms with Gasteiger partial charge in [0, 0.05) is 22.6 Å². The first-order valence-electron chi connectivity index (χ1n) is 7.79. The van der Waals surface area contributed by atoms with Gasteiger partial charge in [0.1, 0.15) is 0 Å². The molecule has 0 amide bonds. The summed E-state index contributed by atoms with van der Waals surface area (Å²) in [5, 5.41) is 0. The Hall–Kier alpha value is -1.63. The van der Waals surface area contributed by atoms with Crippen molar-refractivity contribution in [2.24, 2.45) is 0 Å². The molecule has 1 heterocycles. The predicted octanol–water partition coefficient (Wildman–Crippen LogP) is 5.05. The Morgan fingerprint density at radius 2 is 1.70 bits per heavy atom. The lowest BCUT2D eigenvalue weighted by molar-refractivity contribution is 0.617. The van der Waals surface area contributed by atoms with Crippen molar-refractivity contribution >= 4 is 0 Å². The SMILES string of the molecule is CC1(C)c2ccccc2-c2ccc(C3CCCC3)nc21. The summed E-state index contributed by atoms with van der Waals surface area (Å²) in [7, 11) is 0. The first-order valence-corrected chi connectivity index (χ1v) is 7.79. The highest BCUT2D eigenvalue weighted by molar-refractivity contribution is 5.79. The molecule has 20 heavy (non-hydrogen) atoms. The van der Waals surface area contributed by atoms with Crippen molar-refractivity contribution in [3.05, 3.63) is 53.3 Å². The number of hydrogen-bond acceptors (Lipinski definition) is 1. The van der Waals surface area contributed by atoms with E-state index < -0.39 is 0 Å². The summed E-state index contributed by atoms with van der Waals surface area (Å²) in [6, 6.07) is 13.3. The van der Waals surface area contributed by atoms with Crippen LogP contribution in [0, 0.1) is 0 Å². The number of nitrogens with zero attached hydrogens (tertiary/aromatic N) is 1. The molecule has 0 aliphatic heterocycles. The van der Waals surface area contributed by atoms with Gasteiger partial charge in [0.15, 0.2) is 0 Å². The number of hydrogen-bond donors (Lipinski definition) is 0. The van der Waals surface area contributed by atoms with E-state index in [-0.39, 0.29) is 5.41 Å². The van der Waals surface area contributed by atoms with Gasteiger partial charge in [0.2, 0.25) is 0 Å². The summed E-state index contributed by atoms with van der Waals surface area (Å²) in [6.07, 6.45) is 5.37. The molecule has 0 saturated heterocycles. The van der Waals surface area contributed by atoms with Crippen molar-refractivity contribution in [1.29, 1.82) is 0 Å². The smallest absolute Gasteiger partial charge is 0.0585 e. The largest absolute Gasteiger partial charge is 0.256 e. The highest BCUT2D eigenvalue weighted by Crippen LogP contribution is 2.48. The topological polar surface area (TPSA) is 12.9 Å². The lowest BCUT2D eigenvalue weighted by Crippen LogP contribution is -2.17. The summed E-state index contributed by atoms with van der Waals surface area (Å²) in [6.45, 7) is 4.62. The fourth-order valence-electron chi connectivity index (χ4n) is 4.01. The molecular formula is C19H21N. The number of pyridine rings is 1. The van der Waals surface area contributed by atoms with Crippen LogP contribution in [0.25, 0.3) is 11.1 Å². The van der Waals surface area contributed by atoms with Gasteiger partial charge in [-0.25, -0.2) is 0 Å². The fourth-order valence-corrected chi connectivity index (χ4v) is 4.01. The Morgan fingerprint density at radius 3 is 2.50 bits per heavy atom. The summed E-state index contributed by atoms with van der Waals surface area (Å²) in [5.41, 5.74) is 6.78. The van der Waals surface area contributed by atoms with Gasteiger partial charge in [-0.15, -0.1) is 0 Å². The van der Waals surface area contributed by atoms with E-state index in [1.54, 1.807) is 0 Å². The van der Waals surface area contributed by atoms with Crippen LogP contribution >= 0.6 is 0 Å². The third-order valence-electron chi connectivity index (χ3n) is 5.17. The lowest BCUT2D eigenvalue weighted by Gasteiger charge is -2.21. The van der Waals surface area contributed by atoms with E-state index in [4.69, 9.17) is 4.98 Å². The van der Waals surface area contributed by atoms with Crippen LogP contribution in [0.5, 0.6) is 0 Å². The molecule has 2 aliphatic rings. The quantitative estimate of drug-likeness (QED) is 0.702. The Labute approximate surface area is 121 Å². The normalized spacial score (nSPS) is 19.9. The van der Waals surface area contributed by atoms with Crippen LogP contribution in [0.3, 0.4) is 0 Å². The Bertz CT molecular complexity index is 663. The van der Waals surface area contributed by atoms with E-state index in [1.807, 2.05) is 0 Å². The maximum Gasteiger partial charge on any atom is 0.0585 e. The van der Waals surface area contributed by atoms with Crippen molar-refractivity contribution in [3.8, 4) is 11.1 Å². The molecule has 0 atom stereocenters. The molecule has 0 radical (unpaired) electrons. The number of fused-ring (bicyclic) bond motifs is 3. The molecule has 0 spiro atoms. The molecule has 1 aromatic heterocycles. The van der Waals surface area contributed by atoms with Crippen molar-refractivity contribution < 1.29 is 0 Å². The van der Waals surface area contributed by atoms with Gasteiger partial charge in [-0.1, -0.05) is 57.0 Å². The van der Waals surface area contributed by atoms with Gasteiger partial charge in [-0.2, -0.15) is 0 Å². The molecule has 1 aromatic carbocycles. The van der Waals surface area contributed by atoms with Crippen molar-refractivity contribution in [3.63, 3.8) is 0 Å². The Morgan fingerprint density at radius 1 is 0.950 bits per heavy atom. The Balaban J connectivity index is 1.87. The van der Waals surface area contributed by atoms with E-state index >= 15 is 0 Å². The van der Waals surface area contributed by atoms with Gasteiger partial charge < -0.3 is 0 Å². The molecular weight excluding hydrogens is 242 g/mol. The molecule has 1 nitrogen and oxygen atoms in total. The summed E-state index contributed by atoms with van der Waals surface area (Å²) >= 11 is 0. The number of rotatable bonds is 1. The second-order valence-corrected chi connectivity index (χ2v) is 6.78. The summed E-state index contributed by atoms with van der Waals surface area (Å²) in [4.78, 5) is 5.10. The highest BCUT2D eigenvalue weighted by atomic mass is 14.8. The molecule has 2 aliphatic carbocycles. The van der Waals surface area contributed by atoms with E-state index in [9.17, 15) is 0 Å². The molecule has 2 aromatic rings. The van der Waals surface area contributed by atoms with E-state index in [1.165, 1.54) is 53.8 Å². The van der Waals surface area contributed by atoms with Crippen LogP contribution in [0.1, 0.15) is 62.4 Å². The maximum atomic E-state index is 5.10. The van der Waals surface area contributed by atoms with Gasteiger partial charge in [0.25, 0.3) is 0 Å². The van der Waals surface area contributed by atoms with Crippen LogP contribution in [0.15, 0.2) is 36.4 Å². The zero-order valence-corrected chi connectivity index (χ0v) is 12.3. The zero-order chi connectivity index (χ0) is 13.7. The lowest BCUT2D eigenvalue weighted by atomic mass is 9.85. The first-order chi connectivity index (χ1) is 9.68. The fraction of sp³-hybridized carbons (Fsp3) is 0.421. The van der Waals surface area contributed by atoms with Crippen LogP contribution in [-0.4, -0.2) is 4.98 Å². The Kier molecular flexibility index (Phi) is 2.54. The van der Waals surface area contributed by atoms with E-state index in [0.717, 1.165) is 0 Å². The third kappa shape index (κ3) is 1.59. The van der Waals surface area contributed by atoms with Gasteiger partial charge in [-0.05, 0) is 30.0 Å². The van der Waals surface area contributed by atoms with Gasteiger partial charge in [-0.3, -0.25) is 4.98 Å². The molecule has 102 valence electrons. The average molecular weight is 263 g/mol. The first kappa shape index (κ1) is 12.1. The summed E-state index contributed by atoms with van der Waals surface area (Å²) < 4.78 is 0. The molecule has 1 fully saturated rings. The van der Waals surface area contributed by atoms with Crippen LogP contribution in [-0.2, 0) is 5.41 Å². The number of benzene rings is 1. The minimum atomic E-state index is 0.0422. The second kappa shape index (κ2) is 4.18. The third-order valence-corrected chi connectivity index (χ3v) is 5.17. The monoisotopic (exact) mass is 263 g/mol. The van der Waals surface area contributed by atoms with Crippen molar-refractivity contribution in [2.45, 2.75) is 50.9 Å². The molecule has 1 heteroatoms. The molecule has 0 bridgehead atoms. The van der Waals surface area contributed by atoms with Crippen molar-refractivity contribution in [1.82, 2.24) is 4.98 Å². The van der Waals surface area contributed by atoms with Crippen LogP contribution < -0.4 is 0 Å². The molecule has 1 saturated carbocycles. The molecule has 0 unspecified atom stereocenters. The summed E-state index contributed by atoms with van der Waals surface area (Å²) in [5.74, 6) is 0.694. The molecule has 0 N–H and O–H groups in total. The van der Waals surface area contributed by atoms with Crippen LogP contribution in [0.4, 0.5) is 0 Å². The van der Waals surface area contributed by atoms with Gasteiger partial charge in [0.05, 0.1) is 5.69 Å². The maximum absolute atomic E-state index is 5.10. The minimum absolute atomic E-state index is 0.0422. The van der Waals surface area contributed by atoms with Gasteiger partial charge >= 0.3 is 0 Å². The molecule has 4 rings (SSSR count). The van der Waals surface area contributed by atoms with Crippen LogP contribution in [0.2, 0.25) is 0 Å². The zero-order valence-electron chi connectivity index (χ0n) is 12.3. The predicted molar refractivity (Wildman–Crippen MR) is 83.0 cm³/mol. The number of aromatic nitrogens is 1. The minimum Gasteiger partial charge on any atom is -0.256 e. The standard InChI is InChI=1S/C19H21N/c1-19(2)16-10-6-5-9-14(16)15-11-12-17(20-18(15)19)13-7-3-4-8-13/h5-6,9-13H,3-4,7-8H2,1-2H3. The van der Waals surface area contributed by atoms with E-state index in [2.05, 4.69) is 50.2 Å². The second-order valence-electron chi connectivity index (χ2n) is 6.78. The van der Waals surface area contributed by atoms with E-state index in [0.29, 0.717) is 5.92 Å². The highest BCUT2D eigenvalue weighted by Gasteiger charge is 2.37. The average Bonchev–Trinajstić information content (AvgIpc) is 3.07.